The molecule has 1 saturated carbocycles. The Hall–Kier alpha value is -1.32. The van der Waals surface area contributed by atoms with Crippen molar-refractivity contribution in [1.82, 2.24) is 9.97 Å². The zero-order valence-corrected chi connectivity index (χ0v) is 11.2. The Morgan fingerprint density at radius 3 is 2.24 bits per heavy atom. The summed E-state index contributed by atoms with van der Waals surface area (Å²) in [6.45, 7) is 10.3. The maximum Gasteiger partial charge on any atom is 0.134 e. The number of anilines is 2. The predicted octanol–water partition coefficient (Wildman–Crippen LogP) is 2.74. The van der Waals surface area contributed by atoms with Crippen LogP contribution in [0, 0.1) is 19.3 Å². The van der Waals surface area contributed by atoms with E-state index >= 15 is 0 Å². The summed E-state index contributed by atoms with van der Waals surface area (Å²) in [7, 11) is 0. The quantitative estimate of drug-likeness (QED) is 0.822. The van der Waals surface area contributed by atoms with Gasteiger partial charge in [-0.3, -0.25) is 0 Å². The fraction of sp³-hybridized carbons (Fsp3) is 0.692. The van der Waals surface area contributed by atoms with Gasteiger partial charge in [-0.15, -0.1) is 0 Å². The lowest BCUT2D eigenvalue weighted by Gasteiger charge is -2.15. The highest BCUT2D eigenvalue weighted by atomic mass is 15.1. The summed E-state index contributed by atoms with van der Waals surface area (Å²) < 4.78 is 0. The second-order valence-corrected chi connectivity index (χ2v) is 5.29. The first-order valence-electron chi connectivity index (χ1n) is 6.37. The van der Waals surface area contributed by atoms with Crippen LogP contribution in [0.25, 0.3) is 0 Å². The molecule has 1 aliphatic carbocycles. The average Bonchev–Trinajstić information content (AvgIpc) is 3.00. The average molecular weight is 234 g/mol. The molecule has 0 radical (unpaired) electrons. The van der Waals surface area contributed by atoms with Crippen LogP contribution >= 0.6 is 0 Å². The zero-order valence-electron chi connectivity index (χ0n) is 11.2. The fourth-order valence-electron chi connectivity index (χ4n) is 1.83. The minimum absolute atomic E-state index is 0.490. The molecule has 4 heteroatoms. The van der Waals surface area contributed by atoms with E-state index in [1.807, 2.05) is 6.92 Å². The molecule has 0 amide bonds. The molecule has 17 heavy (non-hydrogen) atoms. The van der Waals surface area contributed by atoms with E-state index in [-0.39, 0.29) is 0 Å². The first kappa shape index (κ1) is 12.1. The lowest BCUT2D eigenvalue weighted by atomic mass is 10.1. The van der Waals surface area contributed by atoms with E-state index in [9.17, 15) is 0 Å². The third kappa shape index (κ3) is 2.87. The molecule has 2 rings (SSSR count). The molecule has 0 bridgehead atoms. The van der Waals surface area contributed by atoms with E-state index in [0.717, 1.165) is 36.1 Å². The molecule has 1 aromatic rings. The van der Waals surface area contributed by atoms with Gasteiger partial charge in [0.05, 0.1) is 0 Å². The van der Waals surface area contributed by atoms with Crippen molar-refractivity contribution in [2.75, 3.05) is 23.7 Å². The molecule has 94 valence electrons. The van der Waals surface area contributed by atoms with Gasteiger partial charge in [-0.2, -0.15) is 0 Å². The van der Waals surface area contributed by atoms with Crippen molar-refractivity contribution in [3.05, 3.63) is 11.4 Å². The van der Waals surface area contributed by atoms with Crippen molar-refractivity contribution in [1.29, 1.82) is 0 Å². The number of rotatable bonds is 5. The number of nitrogens with zero attached hydrogens (tertiary/aromatic N) is 2. The number of hydrogen-bond donors (Lipinski definition) is 2. The Morgan fingerprint density at radius 2 is 1.71 bits per heavy atom. The summed E-state index contributed by atoms with van der Waals surface area (Å²) in [5, 5.41) is 6.74. The van der Waals surface area contributed by atoms with Crippen molar-refractivity contribution < 1.29 is 0 Å². The SMILES string of the molecule is CCNc1nc(C)nc(NCC2(C)CC2)c1C. The van der Waals surface area contributed by atoms with Crippen LogP contribution in [0.4, 0.5) is 11.6 Å². The van der Waals surface area contributed by atoms with Crippen molar-refractivity contribution >= 4 is 11.6 Å². The molecule has 0 saturated heterocycles. The summed E-state index contributed by atoms with van der Waals surface area (Å²) in [4.78, 5) is 8.91. The van der Waals surface area contributed by atoms with E-state index < -0.39 is 0 Å². The standard InChI is InChI=1S/C13H22N4/c1-5-14-11-9(2)12(17-10(3)16-11)15-8-13(4)6-7-13/h5-8H2,1-4H3,(H2,14,15,16,17). The van der Waals surface area contributed by atoms with Crippen LogP contribution in [0.15, 0.2) is 0 Å². The maximum atomic E-state index is 4.48. The molecule has 1 heterocycles. The topological polar surface area (TPSA) is 49.8 Å². The Labute approximate surface area is 103 Å². The van der Waals surface area contributed by atoms with Crippen LogP contribution in [0.2, 0.25) is 0 Å². The normalized spacial score (nSPS) is 16.7. The maximum absolute atomic E-state index is 4.48. The molecule has 4 nitrogen and oxygen atoms in total. The Morgan fingerprint density at radius 1 is 1.12 bits per heavy atom. The highest BCUT2D eigenvalue weighted by Gasteiger charge is 2.37. The summed E-state index contributed by atoms with van der Waals surface area (Å²) in [5.41, 5.74) is 1.60. The third-order valence-electron chi connectivity index (χ3n) is 3.39. The van der Waals surface area contributed by atoms with E-state index in [1.54, 1.807) is 0 Å². The zero-order chi connectivity index (χ0) is 12.5. The van der Waals surface area contributed by atoms with E-state index in [2.05, 4.69) is 41.4 Å². The van der Waals surface area contributed by atoms with Crippen LogP contribution in [0.5, 0.6) is 0 Å². The van der Waals surface area contributed by atoms with Gasteiger partial charge in [0.25, 0.3) is 0 Å². The first-order valence-corrected chi connectivity index (χ1v) is 6.37. The molecule has 2 N–H and O–H groups in total. The summed E-state index contributed by atoms with van der Waals surface area (Å²) >= 11 is 0. The van der Waals surface area contributed by atoms with Crippen molar-refractivity contribution in [3.63, 3.8) is 0 Å². The van der Waals surface area contributed by atoms with Gasteiger partial charge in [0.1, 0.15) is 17.5 Å². The van der Waals surface area contributed by atoms with Gasteiger partial charge < -0.3 is 10.6 Å². The van der Waals surface area contributed by atoms with Crippen LogP contribution in [0.3, 0.4) is 0 Å². The van der Waals surface area contributed by atoms with Crippen LogP contribution in [0.1, 0.15) is 38.1 Å². The summed E-state index contributed by atoms with van der Waals surface area (Å²) in [5.74, 6) is 2.74. The summed E-state index contributed by atoms with van der Waals surface area (Å²) in [6.07, 6.45) is 2.65. The molecule has 0 atom stereocenters. The Kier molecular flexibility index (Phi) is 3.22. The smallest absolute Gasteiger partial charge is 0.134 e. The van der Waals surface area contributed by atoms with Crippen LogP contribution in [-0.2, 0) is 0 Å². The molecule has 1 aliphatic rings. The molecular weight excluding hydrogens is 212 g/mol. The predicted molar refractivity (Wildman–Crippen MR) is 71.5 cm³/mol. The highest BCUT2D eigenvalue weighted by Crippen LogP contribution is 2.44. The van der Waals surface area contributed by atoms with Gasteiger partial charge >= 0.3 is 0 Å². The lowest BCUT2D eigenvalue weighted by Crippen LogP contribution is -2.15. The van der Waals surface area contributed by atoms with Crippen molar-refractivity contribution in [2.45, 2.75) is 40.5 Å². The number of aromatic nitrogens is 2. The van der Waals surface area contributed by atoms with Gasteiger partial charge in [0.15, 0.2) is 0 Å². The van der Waals surface area contributed by atoms with Gasteiger partial charge in [-0.25, -0.2) is 9.97 Å². The highest BCUT2D eigenvalue weighted by molar-refractivity contribution is 5.57. The van der Waals surface area contributed by atoms with Gasteiger partial charge in [0, 0.05) is 18.7 Å². The van der Waals surface area contributed by atoms with Crippen molar-refractivity contribution in [3.8, 4) is 0 Å². The minimum Gasteiger partial charge on any atom is -0.370 e. The van der Waals surface area contributed by atoms with E-state index in [0.29, 0.717) is 5.41 Å². The molecule has 0 aromatic carbocycles. The third-order valence-corrected chi connectivity index (χ3v) is 3.39. The molecule has 1 aromatic heterocycles. The Balaban J connectivity index is 2.14. The second kappa shape index (κ2) is 4.51. The van der Waals surface area contributed by atoms with Gasteiger partial charge in [-0.1, -0.05) is 6.92 Å². The molecule has 0 unspecified atom stereocenters. The lowest BCUT2D eigenvalue weighted by molar-refractivity contribution is 0.608. The summed E-state index contributed by atoms with van der Waals surface area (Å²) in [6, 6.07) is 0. The van der Waals surface area contributed by atoms with Gasteiger partial charge in [0.2, 0.25) is 0 Å². The molecular formula is C13H22N4. The monoisotopic (exact) mass is 234 g/mol. The second-order valence-electron chi connectivity index (χ2n) is 5.29. The molecule has 0 spiro atoms. The van der Waals surface area contributed by atoms with E-state index in [4.69, 9.17) is 0 Å². The molecule has 0 aliphatic heterocycles. The van der Waals surface area contributed by atoms with Crippen molar-refractivity contribution in [2.24, 2.45) is 5.41 Å². The number of aryl methyl sites for hydroxylation is 1. The fourth-order valence-corrected chi connectivity index (χ4v) is 1.83. The first-order chi connectivity index (χ1) is 8.04. The van der Waals surface area contributed by atoms with Crippen LogP contribution < -0.4 is 10.6 Å². The molecule has 1 fully saturated rings. The van der Waals surface area contributed by atoms with Crippen LogP contribution in [-0.4, -0.2) is 23.1 Å². The largest absolute Gasteiger partial charge is 0.370 e. The Bertz CT molecular complexity index is 410. The minimum atomic E-state index is 0.490. The van der Waals surface area contributed by atoms with Gasteiger partial charge in [-0.05, 0) is 39.0 Å². The number of hydrogen-bond acceptors (Lipinski definition) is 4. The van der Waals surface area contributed by atoms with E-state index in [1.165, 1.54) is 12.8 Å². The number of nitrogens with one attached hydrogen (secondary N) is 2.